The molecule has 70 valence electrons. The minimum absolute atomic E-state index is 0.324. The van der Waals surface area contributed by atoms with Crippen molar-refractivity contribution >= 4 is 15.9 Å². The van der Waals surface area contributed by atoms with E-state index in [0.717, 1.165) is 23.7 Å². The van der Waals surface area contributed by atoms with Crippen LogP contribution in [0.15, 0.2) is 22.7 Å². The standard InChI is InChI=1S/C11H13BrO/c1-13-11-9(12)5-8-6-2-3-7(4-6)10(8)11/h2-3,5-8,10-11H,4H2,1H3/t6-,7-,8+,10+,11+/m0/s1. The Morgan fingerprint density at radius 2 is 2.15 bits per heavy atom. The molecule has 3 aliphatic carbocycles. The maximum Gasteiger partial charge on any atom is 0.0922 e. The van der Waals surface area contributed by atoms with E-state index in [1.54, 1.807) is 0 Å². The van der Waals surface area contributed by atoms with Crippen molar-refractivity contribution in [1.82, 2.24) is 0 Å². The lowest BCUT2D eigenvalue weighted by Crippen LogP contribution is -2.26. The third-order valence-electron chi connectivity index (χ3n) is 3.81. The van der Waals surface area contributed by atoms with E-state index in [-0.39, 0.29) is 0 Å². The first-order valence-electron chi connectivity index (χ1n) is 4.89. The number of rotatable bonds is 1. The summed E-state index contributed by atoms with van der Waals surface area (Å²) in [5, 5.41) is 0. The largest absolute Gasteiger partial charge is 0.376 e. The second-order valence-corrected chi connectivity index (χ2v) is 5.23. The van der Waals surface area contributed by atoms with Crippen molar-refractivity contribution in [2.45, 2.75) is 12.5 Å². The van der Waals surface area contributed by atoms with Gasteiger partial charge in [0, 0.05) is 17.5 Å². The zero-order valence-electron chi connectivity index (χ0n) is 7.61. The average Bonchev–Trinajstić information content (AvgIpc) is 2.72. The molecule has 1 nitrogen and oxygen atoms in total. The van der Waals surface area contributed by atoms with Crippen LogP contribution in [-0.2, 0) is 4.74 Å². The molecule has 13 heavy (non-hydrogen) atoms. The van der Waals surface area contributed by atoms with Crippen LogP contribution in [-0.4, -0.2) is 13.2 Å². The maximum absolute atomic E-state index is 5.54. The Morgan fingerprint density at radius 3 is 2.92 bits per heavy atom. The van der Waals surface area contributed by atoms with Crippen LogP contribution in [0.25, 0.3) is 0 Å². The lowest BCUT2D eigenvalue weighted by molar-refractivity contribution is 0.0747. The van der Waals surface area contributed by atoms with Crippen LogP contribution < -0.4 is 0 Å². The van der Waals surface area contributed by atoms with Gasteiger partial charge in [0.15, 0.2) is 0 Å². The average molecular weight is 241 g/mol. The topological polar surface area (TPSA) is 9.23 Å². The quantitative estimate of drug-likeness (QED) is 0.641. The summed E-state index contributed by atoms with van der Waals surface area (Å²) in [6, 6.07) is 0. The second-order valence-electron chi connectivity index (χ2n) is 4.31. The van der Waals surface area contributed by atoms with E-state index < -0.39 is 0 Å². The van der Waals surface area contributed by atoms with Crippen LogP contribution in [0.4, 0.5) is 0 Å². The van der Waals surface area contributed by atoms with Gasteiger partial charge >= 0.3 is 0 Å². The van der Waals surface area contributed by atoms with Crippen molar-refractivity contribution in [3.63, 3.8) is 0 Å². The van der Waals surface area contributed by atoms with Crippen LogP contribution >= 0.6 is 15.9 Å². The van der Waals surface area contributed by atoms with E-state index in [2.05, 4.69) is 34.2 Å². The summed E-state index contributed by atoms with van der Waals surface area (Å²) in [5.74, 6) is 3.03. The molecule has 0 amide bonds. The molecule has 0 unspecified atom stereocenters. The number of hydrogen-bond acceptors (Lipinski definition) is 1. The zero-order valence-corrected chi connectivity index (χ0v) is 9.20. The minimum Gasteiger partial charge on any atom is -0.376 e. The number of allylic oxidation sites excluding steroid dienone is 3. The van der Waals surface area contributed by atoms with E-state index >= 15 is 0 Å². The molecule has 0 N–H and O–H groups in total. The van der Waals surface area contributed by atoms with E-state index in [1.165, 1.54) is 10.9 Å². The Labute approximate surface area is 87.0 Å². The van der Waals surface area contributed by atoms with Gasteiger partial charge in [-0.25, -0.2) is 0 Å². The van der Waals surface area contributed by atoms with Crippen molar-refractivity contribution in [3.05, 3.63) is 22.7 Å². The lowest BCUT2D eigenvalue weighted by Gasteiger charge is -2.25. The molecule has 0 saturated heterocycles. The van der Waals surface area contributed by atoms with E-state index in [9.17, 15) is 0 Å². The SMILES string of the molecule is CO[C@@H]1C(Br)=C[C@H]2[C@H]1[C@H]1C=C[C@H]2C1. The summed E-state index contributed by atoms with van der Waals surface area (Å²) < 4.78 is 6.81. The van der Waals surface area contributed by atoms with Gasteiger partial charge in [0.2, 0.25) is 0 Å². The van der Waals surface area contributed by atoms with Gasteiger partial charge in [0.25, 0.3) is 0 Å². The Hall–Kier alpha value is -0.0800. The fourth-order valence-electron chi connectivity index (χ4n) is 3.29. The second kappa shape index (κ2) is 2.71. The molecule has 2 heteroatoms. The molecule has 0 aromatic heterocycles. The summed E-state index contributed by atoms with van der Waals surface area (Å²) in [5.41, 5.74) is 0. The normalized spacial score (nSPS) is 51.2. The molecule has 1 fully saturated rings. The Kier molecular flexibility index (Phi) is 1.72. The highest BCUT2D eigenvalue weighted by Crippen LogP contribution is 2.55. The van der Waals surface area contributed by atoms with Crippen LogP contribution in [0.5, 0.6) is 0 Å². The molecule has 0 aliphatic heterocycles. The molecule has 3 rings (SSSR count). The molecule has 3 aliphatic rings. The van der Waals surface area contributed by atoms with E-state index in [4.69, 9.17) is 4.74 Å². The van der Waals surface area contributed by atoms with Gasteiger partial charge < -0.3 is 4.74 Å². The van der Waals surface area contributed by atoms with Gasteiger partial charge in [-0.1, -0.05) is 34.2 Å². The van der Waals surface area contributed by atoms with Crippen LogP contribution in [0.3, 0.4) is 0 Å². The first-order chi connectivity index (χ1) is 6.31. The zero-order chi connectivity index (χ0) is 9.00. The Bertz CT molecular complexity index is 294. The first-order valence-corrected chi connectivity index (χ1v) is 5.69. The Balaban J connectivity index is 1.97. The van der Waals surface area contributed by atoms with Gasteiger partial charge in [-0.15, -0.1) is 0 Å². The van der Waals surface area contributed by atoms with Gasteiger partial charge in [0.05, 0.1) is 6.10 Å². The first kappa shape index (κ1) is 8.25. The van der Waals surface area contributed by atoms with E-state index in [0.29, 0.717) is 6.10 Å². The molecular weight excluding hydrogens is 228 g/mol. The molecule has 0 spiro atoms. The summed E-state index contributed by atoms with van der Waals surface area (Å²) in [7, 11) is 1.82. The van der Waals surface area contributed by atoms with Crippen LogP contribution in [0.2, 0.25) is 0 Å². The van der Waals surface area contributed by atoms with Crippen molar-refractivity contribution < 1.29 is 4.74 Å². The van der Waals surface area contributed by atoms with Gasteiger partial charge in [-0.05, 0) is 24.2 Å². The van der Waals surface area contributed by atoms with Gasteiger partial charge in [-0.2, -0.15) is 0 Å². The Morgan fingerprint density at radius 1 is 1.38 bits per heavy atom. The number of ether oxygens (including phenoxy) is 1. The highest BCUT2D eigenvalue weighted by atomic mass is 79.9. The van der Waals surface area contributed by atoms with Crippen molar-refractivity contribution in [1.29, 1.82) is 0 Å². The number of methoxy groups -OCH3 is 1. The number of hydrogen-bond donors (Lipinski definition) is 0. The fourth-order valence-corrected chi connectivity index (χ4v) is 4.09. The fraction of sp³-hybridized carbons (Fsp3) is 0.636. The summed E-state index contributed by atoms with van der Waals surface area (Å²) in [6.07, 6.45) is 8.82. The summed E-state index contributed by atoms with van der Waals surface area (Å²) >= 11 is 3.61. The molecule has 0 radical (unpaired) electrons. The predicted molar refractivity (Wildman–Crippen MR) is 55.5 cm³/mol. The highest BCUT2D eigenvalue weighted by molar-refractivity contribution is 9.11. The lowest BCUT2D eigenvalue weighted by atomic mass is 9.84. The molecule has 0 aromatic rings. The van der Waals surface area contributed by atoms with Crippen molar-refractivity contribution in [3.8, 4) is 0 Å². The highest BCUT2D eigenvalue weighted by Gasteiger charge is 2.51. The molecule has 0 heterocycles. The van der Waals surface area contributed by atoms with Crippen LogP contribution in [0.1, 0.15) is 6.42 Å². The molecule has 1 saturated carbocycles. The van der Waals surface area contributed by atoms with Crippen LogP contribution in [0, 0.1) is 23.7 Å². The third kappa shape index (κ3) is 0.962. The summed E-state index contributed by atoms with van der Waals surface area (Å²) in [6.45, 7) is 0. The minimum atomic E-state index is 0.324. The molecule has 2 bridgehead atoms. The smallest absolute Gasteiger partial charge is 0.0922 e. The molecule has 5 atom stereocenters. The van der Waals surface area contributed by atoms with Gasteiger partial charge in [-0.3, -0.25) is 0 Å². The third-order valence-corrected chi connectivity index (χ3v) is 4.53. The van der Waals surface area contributed by atoms with Gasteiger partial charge in [0.1, 0.15) is 0 Å². The number of halogens is 1. The molecule has 0 aromatic carbocycles. The monoisotopic (exact) mass is 240 g/mol. The maximum atomic E-state index is 5.54. The van der Waals surface area contributed by atoms with E-state index in [1.807, 2.05) is 7.11 Å². The summed E-state index contributed by atoms with van der Waals surface area (Å²) in [4.78, 5) is 0. The number of fused-ring (bicyclic) bond motifs is 5. The van der Waals surface area contributed by atoms with Crippen molar-refractivity contribution in [2.24, 2.45) is 23.7 Å². The molecular formula is C11H13BrO. The predicted octanol–water partition coefficient (Wildman–Crippen LogP) is 2.73. The van der Waals surface area contributed by atoms with Crippen molar-refractivity contribution in [2.75, 3.05) is 7.11 Å².